The smallest absolute Gasteiger partial charge is 0.0638 e. The Kier molecular flexibility index (Phi) is 5.03. The Bertz CT molecular complexity index is 395. The molecule has 2 rings (SSSR count). The normalized spacial score (nSPS) is 24.1. The van der Waals surface area contributed by atoms with E-state index in [1.807, 2.05) is 0 Å². The standard InChI is InChI=1S/C16H29N3/c1-12(2)9-17-10-15-11-19(18-14(15)4)16-7-5-6-13(3)8-16/h11-13,16-17H,5-10H2,1-4H3. The lowest BCUT2D eigenvalue weighted by Crippen LogP contribution is -2.19. The minimum atomic E-state index is 0.626. The molecule has 0 radical (unpaired) electrons. The van der Waals surface area contributed by atoms with Gasteiger partial charge in [-0.3, -0.25) is 4.68 Å². The first kappa shape index (κ1) is 14.6. The van der Waals surface area contributed by atoms with E-state index in [1.54, 1.807) is 0 Å². The van der Waals surface area contributed by atoms with Crippen molar-refractivity contribution in [3.8, 4) is 0 Å². The zero-order valence-electron chi connectivity index (χ0n) is 12.9. The highest BCUT2D eigenvalue weighted by Crippen LogP contribution is 2.32. The van der Waals surface area contributed by atoms with Crippen LogP contribution >= 0.6 is 0 Å². The summed E-state index contributed by atoms with van der Waals surface area (Å²) in [5.74, 6) is 1.56. The molecule has 0 aromatic carbocycles. The fraction of sp³-hybridized carbons (Fsp3) is 0.812. The number of nitrogens with one attached hydrogen (secondary N) is 1. The van der Waals surface area contributed by atoms with Crippen LogP contribution in [0.5, 0.6) is 0 Å². The van der Waals surface area contributed by atoms with Crippen molar-refractivity contribution in [1.82, 2.24) is 15.1 Å². The third-order valence-corrected chi connectivity index (χ3v) is 4.17. The Morgan fingerprint density at radius 1 is 1.42 bits per heavy atom. The largest absolute Gasteiger partial charge is 0.312 e. The van der Waals surface area contributed by atoms with Gasteiger partial charge in [-0.2, -0.15) is 5.10 Å². The Morgan fingerprint density at radius 3 is 2.89 bits per heavy atom. The summed E-state index contributed by atoms with van der Waals surface area (Å²) in [6.45, 7) is 11.0. The van der Waals surface area contributed by atoms with Gasteiger partial charge in [0.05, 0.1) is 11.7 Å². The number of rotatable bonds is 5. The van der Waals surface area contributed by atoms with Gasteiger partial charge < -0.3 is 5.32 Å². The highest BCUT2D eigenvalue weighted by Gasteiger charge is 2.21. The molecule has 1 aromatic rings. The van der Waals surface area contributed by atoms with Gasteiger partial charge in [-0.15, -0.1) is 0 Å². The maximum Gasteiger partial charge on any atom is 0.0638 e. The SMILES string of the molecule is Cc1nn(C2CCCC(C)C2)cc1CNCC(C)C. The van der Waals surface area contributed by atoms with E-state index in [0.717, 1.165) is 19.0 Å². The number of hydrogen-bond donors (Lipinski definition) is 1. The van der Waals surface area contributed by atoms with Gasteiger partial charge >= 0.3 is 0 Å². The first-order valence-electron chi connectivity index (χ1n) is 7.81. The molecule has 1 aliphatic carbocycles. The summed E-state index contributed by atoms with van der Waals surface area (Å²) >= 11 is 0. The van der Waals surface area contributed by atoms with Gasteiger partial charge in [0.15, 0.2) is 0 Å². The van der Waals surface area contributed by atoms with Crippen molar-refractivity contribution >= 4 is 0 Å². The molecule has 1 N–H and O–H groups in total. The number of aryl methyl sites for hydroxylation is 1. The lowest BCUT2D eigenvalue weighted by Gasteiger charge is -2.26. The molecule has 2 unspecified atom stereocenters. The summed E-state index contributed by atoms with van der Waals surface area (Å²) < 4.78 is 2.23. The van der Waals surface area contributed by atoms with Crippen molar-refractivity contribution < 1.29 is 0 Å². The Hall–Kier alpha value is -0.830. The van der Waals surface area contributed by atoms with Crippen LogP contribution in [0.1, 0.15) is 63.8 Å². The average molecular weight is 263 g/mol. The van der Waals surface area contributed by atoms with Gasteiger partial charge in [-0.1, -0.05) is 33.6 Å². The Balaban J connectivity index is 1.95. The second-order valence-electron chi connectivity index (χ2n) is 6.67. The second-order valence-corrected chi connectivity index (χ2v) is 6.67. The van der Waals surface area contributed by atoms with E-state index in [9.17, 15) is 0 Å². The molecule has 0 saturated heterocycles. The van der Waals surface area contributed by atoms with Crippen LogP contribution in [-0.4, -0.2) is 16.3 Å². The van der Waals surface area contributed by atoms with Crippen molar-refractivity contribution in [2.24, 2.45) is 11.8 Å². The molecule has 1 fully saturated rings. The monoisotopic (exact) mass is 263 g/mol. The maximum atomic E-state index is 4.74. The summed E-state index contributed by atoms with van der Waals surface area (Å²) in [4.78, 5) is 0. The lowest BCUT2D eigenvalue weighted by atomic mass is 9.87. The zero-order chi connectivity index (χ0) is 13.8. The molecular formula is C16H29N3. The van der Waals surface area contributed by atoms with Crippen molar-refractivity contribution in [3.63, 3.8) is 0 Å². The molecule has 1 aromatic heterocycles. The van der Waals surface area contributed by atoms with Crippen LogP contribution in [0.25, 0.3) is 0 Å². The predicted molar refractivity (Wildman–Crippen MR) is 80.2 cm³/mol. The van der Waals surface area contributed by atoms with Crippen molar-refractivity contribution in [3.05, 3.63) is 17.5 Å². The summed E-state index contributed by atoms with van der Waals surface area (Å²) in [6.07, 6.45) is 7.60. The van der Waals surface area contributed by atoms with Crippen LogP contribution in [0.3, 0.4) is 0 Å². The van der Waals surface area contributed by atoms with E-state index in [4.69, 9.17) is 5.10 Å². The molecule has 0 bridgehead atoms. The molecule has 2 atom stereocenters. The number of hydrogen-bond acceptors (Lipinski definition) is 2. The fourth-order valence-corrected chi connectivity index (χ4v) is 3.02. The number of aromatic nitrogens is 2. The van der Waals surface area contributed by atoms with E-state index in [-0.39, 0.29) is 0 Å². The van der Waals surface area contributed by atoms with Crippen LogP contribution in [0, 0.1) is 18.8 Å². The minimum Gasteiger partial charge on any atom is -0.312 e. The molecule has 19 heavy (non-hydrogen) atoms. The van der Waals surface area contributed by atoms with E-state index in [1.165, 1.54) is 36.9 Å². The molecule has 0 spiro atoms. The summed E-state index contributed by atoms with van der Waals surface area (Å²) in [6, 6.07) is 0.626. The first-order valence-corrected chi connectivity index (χ1v) is 7.81. The molecule has 3 heteroatoms. The van der Waals surface area contributed by atoms with Crippen LogP contribution in [0.15, 0.2) is 6.20 Å². The van der Waals surface area contributed by atoms with E-state index >= 15 is 0 Å². The van der Waals surface area contributed by atoms with E-state index < -0.39 is 0 Å². The predicted octanol–water partition coefficient (Wildman–Crippen LogP) is 3.69. The molecule has 0 aliphatic heterocycles. The fourth-order valence-electron chi connectivity index (χ4n) is 3.02. The lowest BCUT2D eigenvalue weighted by molar-refractivity contribution is 0.266. The molecule has 0 amide bonds. The third-order valence-electron chi connectivity index (χ3n) is 4.17. The van der Waals surface area contributed by atoms with Gasteiger partial charge in [0.1, 0.15) is 0 Å². The van der Waals surface area contributed by atoms with Gasteiger partial charge in [0.2, 0.25) is 0 Å². The quantitative estimate of drug-likeness (QED) is 0.878. The van der Waals surface area contributed by atoms with Crippen LogP contribution < -0.4 is 5.32 Å². The molecular weight excluding hydrogens is 234 g/mol. The molecule has 3 nitrogen and oxygen atoms in total. The van der Waals surface area contributed by atoms with Crippen molar-refractivity contribution in [2.45, 2.75) is 66.0 Å². The van der Waals surface area contributed by atoms with E-state index in [2.05, 4.69) is 43.9 Å². The summed E-state index contributed by atoms with van der Waals surface area (Å²) in [5.41, 5.74) is 2.55. The van der Waals surface area contributed by atoms with Gasteiger partial charge in [-0.25, -0.2) is 0 Å². The Morgan fingerprint density at radius 2 is 2.21 bits per heavy atom. The van der Waals surface area contributed by atoms with Gasteiger partial charge in [0.25, 0.3) is 0 Å². The first-order chi connectivity index (χ1) is 9.06. The Labute approximate surface area is 117 Å². The third kappa shape index (κ3) is 4.07. The second kappa shape index (κ2) is 6.56. The molecule has 1 saturated carbocycles. The minimum absolute atomic E-state index is 0.626. The molecule has 1 aliphatic rings. The molecule has 1 heterocycles. The zero-order valence-corrected chi connectivity index (χ0v) is 12.9. The molecule has 108 valence electrons. The highest BCUT2D eigenvalue weighted by molar-refractivity contribution is 5.15. The highest BCUT2D eigenvalue weighted by atomic mass is 15.3. The van der Waals surface area contributed by atoms with Gasteiger partial charge in [0, 0.05) is 18.3 Å². The van der Waals surface area contributed by atoms with Crippen LogP contribution in [0.2, 0.25) is 0 Å². The van der Waals surface area contributed by atoms with E-state index in [0.29, 0.717) is 12.0 Å². The summed E-state index contributed by atoms with van der Waals surface area (Å²) in [5, 5.41) is 8.26. The average Bonchev–Trinajstić information content (AvgIpc) is 2.71. The maximum absolute atomic E-state index is 4.74. The summed E-state index contributed by atoms with van der Waals surface area (Å²) in [7, 11) is 0. The van der Waals surface area contributed by atoms with Crippen molar-refractivity contribution in [2.75, 3.05) is 6.54 Å². The number of nitrogens with zero attached hydrogens (tertiary/aromatic N) is 2. The van der Waals surface area contributed by atoms with Gasteiger partial charge in [-0.05, 0) is 38.1 Å². The van der Waals surface area contributed by atoms with Crippen LogP contribution in [0.4, 0.5) is 0 Å². The topological polar surface area (TPSA) is 29.9 Å². The van der Waals surface area contributed by atoms with Crippen molar-refractivity contribution in [1.29, 1.82) is 0 Å². The van der Waals surface area contributed by atoms with Crippen LogP contribution in [-0.2, 0) is 6.54 Å².